The van der Waals surface area contributed by atoms with Gasteiger partial charge in [0.2, 0.25) is 0 Å². The maximum absolute atomic E-state index is 5.51. The average molecular weight is 262 g/mol. The molecule has 2 atom stereocenters. The normalized spacial score (nSPS) is 23.4. The Hall–Kier alpha value is -1.22. The van der Waals surface area contributed by atoms with E-state index in [0.29, 0.717) is 12.1 Å². The van der Waals surface area contributed by atoms with Gasteiger partial charge in [-0.25, -0.2) is 0 Å². The topological polar surface area (TPSA) is 24.5 Å². The maximum atomic E-state index is 5.51. The van der Waals surface area contributed by atoms with Gasteiger partial charge >= 0.3 is 0 Å². The summed E-state index contributed by atoms with van der Waals surface area (Å²) in [5, 5.41) is 3.63. The number of nitrogens with one attached hydrogen (secondary N) is 1. The molecule has 2 unspecified atom stereocenters. The van der Waals surface area contributed by atoms with Crippen LogP contribution in [0.4, 0.5) is 5.69 Å². The van der Waals surface area contributed by atoms with Gasteiger partial charge in [0, 0.05) is 30.9 Å². The summed E-state index contributed by atoms with van der Waals surface area (Å²) < 4.78 is 5.51. The summed E-state index contributed by atoms with van der Waals surface area (Å²) in [6, 6.07) is 9.73. The molecule has 1 aliphatic rings. The summed E-state index contributed by atoms with van der Waals surface area (Å²) in [4.78, 5) is 2.54. The fourth-order valence-electron chi connectivity index (χ4n) is 2.72. The van der Waals surface area contributed by atoms with E-state index in [-0.39, 0.29) is 0 Å². The van der Waals surface area contributed by atoms with Crippen molar-refractivity contribution in [1.29, 1.82) is 0 Å². The summed E-state index contributed by atoms with van der Waals surface area (Å²) in [6.07, 6.45) is 2.36. The smallest absolute Gasteiger partial charge is 0.119 e. The fourth-order valence-corrected chi connectivity index (χ4v) is 2.72. The highest BCUT2D eigenvalue weighted by Gasteiger charge is 2.25. The number of benzene rings is 1. The molecule has 3 heteroatoms. The first-order valence-corrected chi connectivity index (χ1v) is 7.51. The van der Waals surface area contributed by atoms with E-state index in [9.17, 15) is 0 Å². The van der Waals surface area contributed by atoms with Gasteiger partial charge in [-0.05, 0) is 44.0 Å². The van der Waals surface area contributed by atoms with E-state index in [1.54, 1.807) is 0 Å². The van der Waals surface area contributed by atoms with Crippen LogP contribution >= 0.6 is 0 Å². The molecule has 0 amide bonds. The van der Waals surface area contributed by atoms with E-state index >= 15 is 0 Å². The van der Waals surface area contributed by atoms with Crippen molar-refractivity contribution in [2.24, 2.45) is 0 Å². The first-order chi connectivity index (χ1) is 9.28. The van der Waals surface area contributed by atoms with Crippen LogP contribution in [0.1, 0.15) is 33.6 Å². The standard InChI is InChI=1S/C16H26N2O/c1-4-13-12-18(14(5-2)11-17-13)15-7-9-16(10-8-15)19-6-3/h7-10,13-14,17H,4-6,11-12H2,1-3H3. The number of nitrogens with zero attached hydrogens (tertiary/aromatic N) is 1. The van der Waals surface area contributed by atoms with E-state index in [0.717, 1.165) is 25.4 Å². The second kappa shape index (κ2) is 6.80. The number of hydrogen-bond acceptors (Lipinski definition) is 3. The van der Waals surface area contributed by atoms with Crippen LogP contribution < -0.4 is 15.0 Å². The van der Waals surface area contributed by atoms with Crippen molar-refractivity contribution < 1.29 is 4.74 Å². The molecular formula is C16H26N2O. The lowest BCUT2D eigenvalue weighted by Crippen LogP contribution is -2.56. The second-order valence-electron chi connectivity index (χ2n) is 5.15. The van der Waals surface area contributed by atoms with Gasteiger partial charge in [0.15, 0.2) is 0 Å². The molecule has 1 saturated heterocycles. The minimum atomic E-state index is 0.598. The lowest BCUT2D eigenvalue weighted by Gasteiger charge is -2.41. The highest BCUT2D eigenvalue weighted by molar-refractivity contribution is 5.50. The Morgan fingerprint density at radius 1 is 1.16 bits per heavy atom. The Balaban J connectivity index is 2.11. The predicted octanol–water partition coefficient (Wildman–Crippen LogP) is 3.05. The molecule has 0 saturated carbocycles. The van der Waals surface area contributed by atoms with Crippen LogP contribution in [0.5, 0.6) is 5.75 Å². The van der Waals surface area contributed by atoms with Gasteiger partial charge in [-0.15, -0.1) is 0 Å². The number of anilines is 1. The van der Waals surface area contributed by atoms with Gasteiger partial charge in [-0.2, -0.15) is 0 Å². The van der Waals surface area contributed by atoms with E-state index in [2.05, 4.69) is 48.3 Å². The van der Waals surface area contributed by atoms with Gasteiger partial charge in [-0.3, -0.25) is 0 Å². The third-order valence-electron chi connectivity index (χ3n) is 3.94. The summed E-state index contributed by atoms with van der Waals surface area (Å²) in [5.41, 5.74) is 1.32. The van der Waals surface area contributed by atoms with Gasteiger partial charge in [0.25, 0.3) is 0 Å². The maximum Gasteiger partial charge on any atom is 0.119 e. The molecule has 0 radical (unpaired) electrons. The van der Waals surface area contributed by atoms with Crippen molar-refractivity contribution in [2.75, 3.05) is 24.6 Å². The van der Waals surface area contributed by atoms with E-state index < -0.39 is 0 Å². The molecule has 19 heavy (non-hydrogen) atoms. The number of hydrogen-bond donors (Lipinski definition) is 1. The number of rotatable bonds is 5. The predicted molar refractivity (Wildman–Crippen MR) is 81.1 cm³/mol. The third kappa shape index (κ3) is 3.41. The van der Waals surface area contributed by atoms with E-state index in [4.69, 9.17) is 4.74 Å². The molecule has 0 spiro atoms. The summed E-state index contributed by atoms with van der Waals surface area (Å²) in [5.74, 6) is 0.960. The molecule has 1 aliphatic heterocycles. The third-order valence-corrected chi connectivity index (χ3v) is 3.94. The first kappa shape index (κ1) is 14.2. The molecule has 1 aromatic carbocycles. The largest absolute Gasteiger partial charge is 0.494 e. The zero-order chi connectivity index (χ0) is 13.7. The Bertz CT molecular complexity index is 377. The van der Waals surface area contributed by atoms with Crippen LogP contribution in [0.15, 0.2) is 24.3 Å². The highest BCUT2D eigenvalue weighted by atomic mass is 16.5. The molecule has 0 bridgehead atoms. The van der Waals surface area contributed by atoms with Crippen LogP contribution in [0.2, 0.25) is 0 Å². The molecule has 2 rings (SSSR count). The monoisotopic (exact) mass is 262 g/mol. The van der Waals surface area contributed by atoms with Crippen molar-refractivity contribution in [3.8, 4) is 5.75 Å². The fraction of sp³-hybridized carbons (Fsp3) is 0.625. The Labute approximate surface area is 116 Å². The molecule has 106 valence electrons. The average Bonchev–Trinajstić information content (AvgIpc) is 2.47. The number of ether oxygens (including phenoxy) is 1. The van der Waals surface area contributed by atoms with Gasteiger partial charge in [0.1, 0.15) is 5.75 Å². The van der Waals surface area contributed by atoms with Crippen LogP contribution in [0.3, 0.4) is 0 Å². The zero-order valence-corrected chi connectivity index (χ0v) is 12.4. The Kier molecular flexibility index (Phi) is 5.08. The molecule has 3 nitrogen and oxygen atoms in total. The quantitative estimate of drug-likeness (QED) is 0.882. The van der Waals surface area contributed by atoms with Crippen LogP contribution in [-0.4, -0.2) is 31.8 Å². The van der Waals surface area contributed by atoms with Gasteiger partial charge in [-0.1, -0.05) is 13.8 Å². The van der Waals surface area contributed by atoms with Crippen molar-refractivity contribution in [1.82, 2.24) is 5.32 Å². The van der Waals surface area contributed by atoms with Crippen LogP contribution in [-0.2, 0) is 0 Å². The lowest BCUT2D eigenvalue weighted by atomic mass is 10.0. The molecule has 0 aromatic heterocycles. The zero-order valence-electron chi connectivity index (χ0n) is 12.4. The van der Waals surface area contributed by atoms with Crippen molar-refractivity contribution in [3.05, 3.63) is 24.3 Å². The first-order valence-electron chi connectivity index (χ1n) is 7.51. The second-order valence-corrected chi connectivity index (χ2v) is 5.15. The van der Waals surface area contributed by atoms with Crippen molar-refractivity contribution in [3.63, 3.8) is 0 Å². The van der Waals surface area contributed by atoms with Crippen molar-refractivity contribution >= 4 is 5.69 Å². The summed E-state index contributed by atoms with van der Waals surface area (Å²) in [6.45, 7) is 9.44. The number of piperazine rings is 1. The Morgan fingerprint density at radius 2 is 1.89 bits per heavy atom. The molecular weight excluding hydrogens is 236 g/mol. The molecule has 1 heterocycles. The van der Waals surface area contributed by atoms with Gasteiger partial charge < -0.3 is 15.0 Å². The summed E-state index contributed by atoms with van der Waals surface area (Å²) in [7, 11) is 0. The van der Waals surface area contributed by atoms with Crippen LogP contribution in [0, 0.1) is 0 Å². The lowest BCUT2D eigenvalue weighted by molar-refractivity contribution is 0.340. The highest BCUT2D eigenvalue weighted by Crippen LogP contribution is 2.24. The minimum absolute atomic E-state index is 0.598. The summed E-state index contributed by atoms with van der Waals surface area (Å²) >= 11 is 0. The molecule has 0 aliphatic carbocycles. The van der Waals surface area contributed by atoms with E-state index in [1.165, 1.54) is 18.5 Å². The molecule has 1 aromatic rings. The minimum Gasteiger partial charge on any atom is -0.494 e. The molecule has 1 N–H and O–H groups in total. The van der Waals surface area contributed by atoms with Gasteiger partial charge in [0.05, 0.1) is 6.61 Å². The Morgan fingerprint density at radius 3 is 2.47 bits per heavy atom. The van der Waals surface area contributed by atoms with Crippen LogP contribution in [0.25, 0.3) is 0 Å². The SMILES string of the molecule is CCOc1ccc(N2CC(CC)NCC2CC)cc1. The van der Waals surface area contributed by atoms with E-state index in [1.807, 2.05) is 6.92 Å². The van der Waals surface area contributed by atoms with Crippen molar-refractivity contribution in [2.45, 2.75) is 45.7 Å². The molecule has 1 fully saturated rings.